The summed E-state index contributed by atoms with van der Waals surface area (Å²) in [5.74, 6) is -1.83. The van der Waals surface area contributed by atoms with Crippen LogP contribution in [-0.4, -0.2) is 16.0 Å². The van der Waals surface area contributed by atoms with Crippen LogP contribution in [0.1, 0.15) is 36.7 Å². The van der Waals surface area contributed by atoms with Crippen molar-refractivity contribution < 1.29 is 18.1 Å². The van der Waals surface area contributed by atoms with Crippen molar-refractivity contribution in [2.75, 3.05) is 0 Å². The van der Waals surface area contributed by atoms with Gasteiger partial charge in [0.25, 0.3) is 0 Å². The quantitative estimate of drug-likeness (QED) is 0.939. The van der Waals surface area contributed by atoms with Crippen LogP contribution in [0.5, 0.6) is 0 Å². The number of benzene rings is 1. The Labute approximate surface area is 119 Å². The number of hydrogen-bond acceptors (Lipinski definition) is 4. The van der Waals surface area contributed by atoms with Gasteiger partial charge in [-0.25, -0.2) is 8.78 Å². The number of amides is 1. The van der Waals surface area contributed by atoms with E-state index in [2.05, 4.69) is 20.0 Å². The van der Waals surface area contributed by atoms with Gasteiger partial charge in [0, 0.05) is 5.92 Å². The maximum atomic E-state index is 13.2. The number of rotatable bonds is 4. The summed E-state index contributed by atoms with van der Waals surface area (Å²) in [5, 5.41) is 6.43. The van der Waals surface area contributed by atoms with Crippen LogP contribution < -0.4 is 5.32 Å². The lowest BCUT2D eigenvalue weighted by Gasteiger charge is -2.09. The summed E-state index contributed by atoms with van der Waals surface area (Å²) in [7, 11) is 0. The summed E-state index contributed by atoms with van der Waals surface area (Å²) in [6.07, 6.45) is 1.81. The molecule has 0 saturated heterocycles. The fourth-order valence-corrected chi connectivity index (χ4v) is 2.35. The maximum absolute atomic E-state index is 13.2. The third-order valence-corrected chi connectivity index (χ3v) is 3.62. The van der Waals surface area contributed by atoms with Crippen LogP contribution in [0.3, 0.4) is 0 Å². The maximum Gasteiger partial charge on any atom is 0.224 e. The van der Waals surface area contributed by atoms with Crippen LogP contribution in [0.25, 0.3) is 0 Å². The summed E-state index contributed by atoms with van der Waals surface area (Å²) in [4.78, 5) is 15.9. The molecule has 21 heavy (non-hydrogen) atoms. The Morgan fingerprint density at radius 2 is 2.24 bits per heavy atom. The smallest absolute Gasteiger partial charge is 0.224 e. The Hall–Kier alpha value is -2.31. The molecule has 1 aromatic heterocycles. The van der Waals surface area contributed by atoms with Crippen LogP contribution in [-0.2, 0) is 4.79 Å². The molecule has 5 nitrogen and oxygen atoms in total. The number of carbonyl (C=O) groups is 1. The molecule has 110 valence electrons. The van der Waals surface area contributed by atoms with Gasteiger partial charge in [-0.1, -0.05) is 11.2 Å². The van der Waals surface area contributed by atoms with Crippen molar-refractivity contribution in [1.29, 1.82) is 0 Å². The Morgan fingerprint density at radius 1 is 1.43 bits per heavy atom. The molecule has 0 spiro atoms. The van der Waals surface area contributed by atoms with E-state index in [-0.39, 0.29) is 23.8 Å². The van der Waals surface area contributed by atoms with E-state index in [4.69, 9.17) is 0 Å². The van der Waals surface area contributed by atoms with Gasteiger partial charge in [0.2, 0.25) is 12.3 Å². The number of aromatic nitrogens is 2. The van der Waals surface area contributed by atoms with Crippen LogP contribution in [0, 0.1) is 17.6 Å². The standard InChI is InChI=1S/C14H13F2N3O2/c1-7(13-17-6-21-19-13)18-14(20)10-5-9(10)8-2-3-11(15)12(16)4-8/h2-4,6-7,9-10H,5H2,1H3,(H,18,20)/t7-,9-,10+/m0/s1. The van der Waals surface area contributed by atoms with E-state index in [1.807, 2.05) is 0 Å². The minimum atomic E-state index is -0.890. The highest BCUT2D eigenvalue weighted by molar-refractivity contribution is 5.83. The van der Waals surface area contributed by atoms with E-state index < -0.39 is 11.6 Å². The van der Waals surface area contributed by atoms with E-state index >= 15 is 0 Å². The molecule has 1 saturated carbocycles. The fourth-order valence-electron chi connectivity index (χ4n) is 2.35. The molecule has 1 fully saturated rings. The normalized spacial score (nSPS) is 21.9. The van der Waals surface area contributed by atoms with Gasteiger partial charge in [0.1, 0.15) is 0 Å². The molecule has 7 heteroatoms. The SMILES string of the molecule is C[C@H](NC(=O)[C@@H]1C[C@H]1c1ccc(F)c(F)c1)c1ncon1. The lowest BCUT2D eigenvalue weighted by molar-refractivity contribution is -0.123. The van der Waals surface area contributed by atoms with Gasteiger partial charge in [-0.05, 0) is 37.0 Å². The summed E-state index contributed by atoms with van der Waals surface area (Å²) in [5.41, 5.74) is 0.640. The zero-order valence-electron chi connectivity index (χ0n) is 11.2. The predicted molar refractivity (Wildman–Crippen MR) is 68.1 cm³/mol. The van der Waals surface area contributed by atoms with Crippen molar-refractivity contribution in [2.45, 2.75) is 25.3 Å². The molecular weight excluding hydrogens is 280 g/mol. The number of halogens is 2. The van der Waals surface area contributed by atoms with Crippen molar-refractivity contribution in [2.24, 2.45) is 5.92 Å². The Bertz CT molecular complexity index is 660. The van der Waals surface area contributed by atoms with E-state index in [9.17, 15) is 13.6 Å². The third kappa shape index (κ3) is 2.76. The highest BCUT2D eigenvalue weighted by atomic mass is 19.2. The fraction of sp³-hybridized carbons (Fsp3) is 0.357. The van der Waals surface area contributed by atoms with Crippen molar-refractivity contribution in [3.05, 3.63) is 47.6 Å². The van der Waals surface area contributed by atoms with Gasteiger partial charge in [-0.3, -0.25) is 4.79 Å². The van der Waals surface area contributed by atoms with Crippen molar-refractivity contribution >= 4 is 5.91 Å². The summed E-state index contributed by atoms with van der Waals surface area (Å²) < 4.78 is 30.7. The van der Waals surface area contributed by atoms with Crippen molar-refractivity contribution in [3.8, 4) is 0 Å². The summed E-state index contributed by atoms with van der Waals surface area (Å²) in [6.45, 7) is 1.75. The second kappa shape index (κ2) is 5.23. The number of nitrogens with one attached hydrogen (secondary N) is 1. The van der Waals surface area contributed by atoms with E-state index in [0.29, 0.717) is 17.8 Å². The molecule has 1 aromatic carbocycles. The Morgan fingerprint density at radius 3 is 2.90 bits per heavy atom. The van der Waals surface area contributed by atoms with Crippen LogP contribution in [0.15, 0.2) is 29.1 Å². The van der Waals surface area contributed by atoms with Crippen LogP contribution in [0.4, 0.5) is 8.78 Å². The average molecular weight is 293 g/mol. The summed E-state index contributed by atoms with van der Waals surface area (Å²) >= 11 is 0. The van der Waals surface area contributed by atoms with Crippen LogP contribution >= 0.6 is 0 Å². The second-order valence-electron chi connectivity index (χ2n) is 5.14. The van der Waals surface area contributed by atoms with Gasteiger partial charge >= 0.3 is 0 Å². The first kappa shape index (κ1) is 13.7. The highest BCUT2D eigenvalue weighted by Crippen LogP contribution is 2.47. The van der Waals surface area contributed by atoms with Crippen LogP contribution in [0.2, 0.25) is 0 Å². The molecule has 1 N–H and O–H groups in total. The molecule has 0 unspecified atom stereocenters. The number of hydrogen-bond donors (Lipinski definition) is 1. The molecule has 3 atom stereocenters. The molecule has 2 aromatic rings. The molecule has 1 aliphatic carbocycles. The summed E-state index contributed by atoms with van der Waals surface area (Å²) in [6, 6.07) is 3.39. The van der Waals surface area contributed by atoms with Gasteiger partial charge in [-0.2, -0.15) is 4.98 Å². The molecule has 0 radical (unpaired) electrons. The molecule has 1 amide bonds. The number of nitrogens with zero attached hydrogens (tertiary/aromatic N) is 2. The highest BCUT2D eigenvalue weighted by Gasteiger charge is 2.44. The lowest BCUT2D eigenvalue weighted by atomic mass is 10.1. The van der Waals surface area contributed by atoms with Gasteiger partial charge in [-0.15, -0.1) is 0 Å². The topological polar surface area (TPSA) is 68.0 Å². The Kier molecular flexibility index (Phi) is 3.40. The molecule has 1 heterocycles. The zero-order chi connectivity index (χ0) is 15.0. The second-order valence-corrected chi connectivity index (χ2v) is 5.14. The third-order valence-electron chi connectivity index (χ3n) is 3.62. The molecule has 0 bridgehead atoms. The minimum Gasteiger partial charge on any atom is -0.346 e. The average Bonchev–Trinajstić information content (AvgIpc) is 3.06. The van der Waals surface area contributed by atoms with Crippen molar-refractivity contribution in [1.82, 2.24) is 15.5 Å². The first-order chi connectivity index (χ1) is 10.1. The van der Waals surface area contributed by atoms with Gasteiger partial charge in [0.15, 0.2) is 17.5 Å². The van der Waals surface area contributed by atoms with Gasteiger partial charge < -0.3 is 9.84 Å². The van der Waals surface area contributed by atoms with E-state index in [0.717, 1.165) is 12.1 Å². The number of carbonyl (C=O) groups excluding carboxylic acids is 1. The lowest BCUT2D eigenvalue weighted by Crippen LogP contribution is -2.29. The molecule has 0 aliphatic heterocycles. The Balaban J connectivity index is 1.62. The molecule has 1 aliphatic rings. The predicted octanol–water partition coefficient (Wildman–Crippen LogP) is 2.33. The first-order valence-corrected chi connectivity index (χ1v) is 6.58. The van der Waals surface area contributed by atoms with Crippen molar-refractivity contribution in [3.63, 3.8) is 0 Å². The van der Waals surface area contributed by atoms with E-state index in [1.54, 1.807) is 6.92 Å². The molecule has 3 rings (SSSR count). The van der Waals surface area contributed by atoms with Gasteiger partial charge in [0.05, 0.1) is 6.04 Å². The monoisotopic (exact) mass is 293 g/mol. The van der Waals surface area contributed by atoms with E-state index in [1.165, 1.54) is 12.5 Å². The zero-order valence-corrected chi connectivity index (χ0v) is 11.2. The first-order valence-electron chi connectivity index (χ1n) is 6.58. The molecular formula is C14H13F2N3O2. The minimum absolute atomic E-state index is 0.0717. The largest absolute Gasteiger partial charge is 0.346 e.